The van der Waals surface area contributed by atoms with Crippen molar-refractivity contribution in [1.29, 1.82) is 5.26 Å². The maximum absolute atomic E-state index is 14.0. The Labute approximate surface area is 227 Å². The van der Waals surface area contributed by atoms with E-state index in [-0.39, 0.29) is 44.0 Å². The fourth-order valence-corrected chi connectivity index (χ4v) is 4.26. The number of carbonyl (C=O) groups is 2. The van der Waals surface area contributed by atoms with Gasteiger partial charge in [-0.15, -0.1) is 0 Å². The summed E-state index contributed by atoms with van der Waals surface area (Å²) in [5.41, 5.74) is 2.33. The zero-order valence-corrected chi connectivity index (χ0v) is 22.6. The fourth-order valence-electron chi connectivity index (χ4n) is 4.26. The highest BCUT2D eigenvalue weighted by Crippen LogP contribution is 2.28. The van der Waals surface area contributed by atoms with Gasteiger partial charge in [0.25, 0.3) is 5.91 Å². The van der Waals surface area contributed by atoms with Crippen LogP contribution >= 0.6 is 0 Å². The third-order valence-electron chi connectivity index (χ3n) is 6.17. The number of oxime groups is 1. The molecular formula is C29H34N4O6. The molecule has 1 heterocycles. The summed E-state index contributed by atoms with van der Waals surface area (Å²) in [4.78, 5) is 36.5. The summed E-state index contributed by atoms with van der Waals surface area (Å²) in [6, 6.07) is 13.5. The van der Waals surface area contributed by atoms with Crippen LogP contribution in [0, 0.1) is 17.2 Å². The Morgan fingerprint density at radius 3 is 2.56 bits per heavy atom. The molecule has 0 fully saturated rings. The standard InChI is InChI=1S/C29H34N4O6/c1-19(2)14-25(32-39-13-7-12-30)28(34)33(18-20-10-11-22(37-3)16-27(20)38-4)26(29(35)36)15-21-17-31-24-9-6-5-8-23(21)24/h5-6,8-11,16-17,19,26,31H,7,13-15,18H2,1-4H3,(H,35,36)/t26-/m0/s1. The molecule has 0 aliphatic heterocycles. The largest absolute Gasteiger partial charge is 0.497 e. The zero-order valence-electron chi connectivity index (χ0n) is 22.6. The summed E-state index contributed by atoms with van der Waals surface area (Å²) >= 11 is 0. The Hall–Kier alpha value is -4.52. The van der Waals surface area contributed by atoms with E-state index < -0.39 is 17.9 Å². The van der Waals surface area contributed by atoms with E-state index in [0.717, 1.165) is 16.5 Å². The number of carboxylic acid groups (broad SMARTS) is 1. The van der Waals surface area contributed by atoms with Gasteiger partial charge in [-0.2, -0.15) is 5.26 Å². The Kier molecular flexibility index (Phi) is 10.3. The Morgan fingerprint density at radius 1 is 1.13 bits per heavy atom. The number of aromatic amines is 1. The van der Waals surface area contributed by atoms with E-state index in [1.807, 2.05) is 44.2 Å². The summed E-state index contributed by atoms with van der Waals surface area (Å²) in [5.74, 6) is -0.659. The molecule has 0 unspecified atom stereocenters. The number of methoxy groups -OCH3 is 2. The molecule has 0 saturated carbocycles. The van der Waals surface area contributed by atoms with Crippen LogP contribution in [0.4, 0.5) is 0 Å². The minimum Gasteiger partial charge on any atom is -0.497 e. The summed E-state index contributed by atoms with van der Waals surface area (Å²) < 4.78 is 10.8. The number of rotatable bonds is 14. The smallest absolute Gasteiger partial charge is 0.326 e. The molecule has 2 N–H and O–H groups in total. The van der Waals surface area contributed by atoms with Gasteiger partial charge in [0, 0.05) is 41.6 Å². The van der Waals surface area contributed by atoms with Crippen molar-refractivity contribution >= 4 is 28.5 Å². The normalized spacial score (nSPS) is 12.2. The lowest BCUT2D eigenvalue weighted by Gasteiger charge is -2.30. The number of ether oxygens (including phenoxy) is 2. The van der Waals surface area contributed by atoms with Gasteiger partial charge in [0.1, 0.15) is 29.9 Å². The van der Waals surface area contributed by atoms with Crippen LogP contribution in [0.2, 0.25) is 0 Å². The lowest BCUT2D eigenvalue weighted by atomic mass is 10.00. The van der Waals surface area contributed by atoms with Crippen molar-refractivity contribution in [3.05, 3.63) is 59.8 Å². The average molecular weight is 535 g/mol. The van der Waals surface area contributed by atoms with Gasteiger partial charge in [-0.05, 0) is 29.7 Å². The predicted octanol–water partition coefficient (Wildman–Crippen LogP) is 4.54. The molecule has 1 aromatic heterocycles. The van der Waals surface area contributed by atoms with Crippen molar-refractivity contribution in [2.24, 2.45) is 11.1 Å². The van der Waals surface area contributed by atoms with Gasteiger partial charge in [0.2, 0.25) is 0 Å². The molecular weight excluding hydrogens is 500 g/mol. The third-order valence-corrected chi connectivity index (χ3v) is 6.17. The molecule has 3 aromatic rings. The fraction of sp³-hybridized carbons (Fsp3) is 0.379. The second kappa shape index (κ2) is 13.9. The predicted molar refractivity (Wildman–Crippen MR) is 147 cm³/mol. The number of amides is 1. The number of hydrogen-bond acceptors (Lipinski definition) is 7. The SMILES string of the molecule is COc1ccc(CN(C(=O)C(CC(C)C)=NOCCC#N)[C@@H](Cc2c[nH]c3ccccc23)C(=O)O)c(OC)c1. The first-order chi connectivity index (χ1) is 18.8. The Bertz CT molecular complexity index is 1360. The monoisotopic (exact) mass is 534 g/mol. The topological polar surface area (TPSA) is 137 Å². The minimum absolute atomic E-state index is 0.0232. The van der Waals surface area contributed by atoms with Gasteiger partial charge in [-0.1, -0.05) is 37.2 Å². The van der Waals surface area contributed by atoms with Crippen LogP contribution in [-0.2, 0) is 27.4 Å². The molecule has 0 aliphatic rings. The zero-order chi connectivity index (χ0) is 28.4. The maximum atomic E-state index is 14.0. The van der Waals surface area contributed by atoms with Crippen molar-refractivity contribution in [3.63, 3.8) is 0 Å². The molecule has 0 saturated heterocycles. The molecule has 0 spiro atoms. The summed E-state index contributed by atoms with van der Waals surface area (Å²) in [6.07, 6.45) is 2.21. The summed E-state index contributed by atoms with van der Waals surface area (Å²) in [7, 11) is 3.03. The summed E-state index contributed by atoms with van der Waals surface area (Å²) in [6.45, 7) is 3.82. The number of nitrogens with zero attached hydrogens (tertiary/aromatic N) is 3. The van der Waals surface area contributed by atoms with Crippen molar-refractivity contribution in [2.75, 3.05) is 20.8 Å². The number of aliphatic carboxylic acids is 1. The van der Waals surface area contributed by atoms with Crippen LogP contribution in [0.3, 0.4) is 0 Å². The minimum atomic E-state index is -1.22. The first-order valence-electron chi connectivity index (χ1n) is 12.6. The van der Waals surface area contributed by atoms with E-state index in [4.69, 9.17) is 19.6 Å². The van der Waals surface area contributed by atoms with Crippen LogP contribution in [0.5, 0.6) is 11.5 Å². The molecule has 10 heteroatoms. The van der Waals surface area contributed by atoms with Crippen molar-refractivity contribution < 1.29 is 29.0 Å². The van der Waals surface area contributed by atoms with E-state index in [9.17, 15) is 14.7 Å². The quantitative estimate of drug-likeness (QED) is 0.176. The molecule has 10 nitrogen and oxygen atoms in total. The molecule has 0 bridgehead atoms. The lowest BCUT2D eigenvalue weighted by molar-refractivity contribution is -0.148. The molecule has 0 radical (unpaired) electrons. The first-order valence-corrected chi connectivity index (χ1v) is 12.6. The van der Waals surface area contributed by atoms with Gasteiger partial charge in [0.05, 0.1) is 33.3 Å². The van der Waals surface area contributed by atoms with Crippen LogP contribution < -0.4 is 9.47 Å². The van der Waals surface area contributed by atoms with E-state index in [0.29, 0.717) is 17.1 Å². The van der Waals surface area contributed by atoms with E-state index >= 15 is 0 Å². The number of benzene rings is 2. The van der Waals surface area contributed by atoms with Gasteiger partial charge in [-0.3, -0.25) is 4.79 Å². The van der Waals surface area contributed by atoms with E-state index in [2.05, 4.69) is 10.1 Å². The highest BCUT2D eigenvalue weighted by Gasteiger charge is 2.34. The van der Waals surface area contributed by atoms with Crippen LogP contribution in [0.25, 0.3) is 10.9 Å². The molecule has 206 valence electrons. The third kappa shape index (κ3) is 7.51. The summed E-state index contributed by atoms with van der Waals surface area (Å²) in [5, 5.41) is 24.1. The number of H-pyrrole nitrogens is 1. The van der Waals surface area contributed by atoms with Gasteiger partial charge >= 0.3 is 5.97 Å². The van der Waals surface area contributed by atoms with Gasteiger partial charge in [-0.25, -0.2) is 4.79 Å². The van der Waals surface area contributed by atoms with Gasteiger partial charge in [0.15, 0.2) is 0 Å². The van der Waals surface area contributed by atoms with Gasteiger partial charge < -0.3 is 29.3 Å². The number of para-hydroxylation sites is 1. The maximum Gasteiger partial charge on any atom is 0.326 e. The second-order valence-corrected chi connectivity index (χ2v) is 9.41. The highest BCUT2D eigenvalue weighted by molar-refractivity contribution is 6.39. The second-order valence-electron chi connectivity index (χ2n) is 9.41. The first kappa shape index (κ1) is 29.0. The molecule has 39 heavy (non-hydrogen) atoms. The van der Waals surface area contributed by atoms with E-state index in [1.165, 1.54) is 19.1 Å². The Balaban J connectivity index is 2.07. The number of aromatic nitrogens is 1. The molecule has 3 rings (SSSR count). The number of nitriles is 1. The molecule has 1 amide bonds. The lowest BCUT2D eigenvalue weighted by Crippen LogP contribution is -2.48. The van der Waals surface area contributed by atoms with Crippen LogP contribution in [0.1, 0.15) is 37.8 Å². The van der Waals surface area contributed by atoms with Crippen LogP contribution in [-0.4, -0.2) is 59.4 Å². The Morgan fingerprint density at radius 2 is 1.90 bits per heavy atom. The van der Waals surface area contributed by atoms with Crippen molar-refractivity contribution in [3.8, 4) is 17.6 Å². The number of carboxylic acids is 1. The highest BCUT2D eigenvalue weighted by atomic mass is 16.6. The number of nitrogens with one attached hydrogen (secondary N) is 1. The number of carbonyl (C=O) groups excluding carboxylic acids is 1. The average Bonchev–Trinajstić information content (AvgIpc) is 3.34. The number of hydrogen-bond donors (Lipinski definition) is 2. The van der Waals surface area contributed by atoms with Crippen molar-refractivity contribution in [1.82, 2.24) is 9.88 Å². The van der Waals surface area contributed by atoms with Crippen LogP contribution in [0.15, 0.2) is 53.8 Å². The number of fused-ring (bicyclic) bond motifs is 1. The molecule has 2 aromatic carbocycles. The molecule has 1 atom stereocenters. The van der Waals surface area contributed by atoms with E-state index in [1.54, 1.807) is 24.4 Å². The van der Waals surface area contributed by atoms with Crippen molar-refractivity contribution in [2.45, 2.75) is 45.7 Å². The molecule has 0 aliphatic carbocycles.